The predicted octanol–water partition coefficient (Wildman–Crippen LogP) is 5.94. The Balaban J connectivity index is 1.67. The molecule has 1 fully saturated rings. The topological polar surface area (TPSA) is 78.2 Å². The second-order valence-corrected chi connectivity index (χ2v) is 10.2. The highest BCUT2D eigenvalue weighted by atomic mass is 19.4. The standard InChI is InChI=1S/C26H31F3N4O4/c1-15-11-17(9-10-32(15)24(34)37-25(2,3)4)19-14-23-30-18(13-22(26(27,28)29)33(23)31-19)16-7-8-20(35-5)21(12-16)36-6/h7-8,12-15,17H,9-11H2,1-6H3. The number of fused-ring (bicyclic) bond motifs is 1. The van der Waals surface area contributed by atoms with Crippen LogP contribution in [0.4, 0.5) is 18.0 Å². The van der Waals surface area contributed by atoms with E-state index >= 15 is 0 Å². The van der Waals surface area contributed by atoms with Crippen LogP contribution in [0.15, 0.2) is 30.3 Å². The molecule has 37 heavy (non-hydrogen) atoms. The molecule has 11 heteroatoms. The highest BCUT2D eigenvalue weighted by Crippen LogP contribution is 2.37. The van der Waals surface area contributed by atoms with Crippen molar-refractivity contribution in [3.05, 3.63) is 41.7 Å². The highest BCUT2D eigenvalue weighted by Gasteiger charge is 2.37. The number of carbonyl (C=O) groups excluding carboxylic acids is 1. The van der Waals surface area contributed by atoms with E-state index in [-0.39, 0.29) is 23.3 Å². The van der Waals surface area contributed by atoms with Gasteiger partial charge in [0, 0.05) is 30.1 Å². The Kier molecular flexibility index (Phi) is 7.00. The fraction of sp³-hybridized carbons (Fsp3) is 0.500. The molecule has 0 saturated carbocycles. The number of halogens is 3. The van der Waals surface area contributed by atoms with E-state index in [0.29, 0.717) is 42.1 Å². The summed E-state index contributed by atoms with van der Waals surface area (Å²) in [6.45, 7) is 7.74. The SMILES string of the molecule is COc1ccc(-c2cc(C(F)(F)F)n3nc(C4CCN(C(=O)OC(C)(C)C)C(C)C4)cc3n2)cc1OC. The van der Waals surface area contributed by atoms with Crippen LogP contribution in [0.3, 0.4) is 0 Å². The monoisotopic (exact) mass is 520 g/mol. The third-order valence-corrected chi connectivity index (χ3v) is 6.34. The molecule has 0 bridgehead atoms. The number of methoxy groups -OCH3 is 2. The largest absolute Gasteiger partial charge is 0.493 e. The zero-order chi connectivity index (χ0) is 27.1. The van der Waals surface area contributed by atoms with E-state index in [9.17, 15) is 18.0 Å². The molecular weight excluding hydrogens is 489 g/mol. The van der Waals surface area contributed by atoms with E-state index in [1.165, 1.54) is 14.2 Å². The van der Waals surface area contributed by atoms with E-state index in [1.807, 2.05) is 6.92 Å². The first-order chi connectivity index (χ1) is 17.3. The Morgan fingerprint density at radius 1 is 1.05 bits per heavy atom. The molecule has 1 aromatic carbocycles. The first kappa shape index (κ1) is 26.6. The maximum atomic E-state index is 14.1. The van der Waals surface area contributed by atoms with Crippen LogP contribution in [0, 0.1) is 0 Å². The summed E-state index contributed by atoms with van der Waals surface area (Å²) in [6.07, 6.45) is -3.94. The summed E-state index contributed by atoms with van der Waals surface area (Å²) in [5.74, 6) is 0.720. The van der Waals surface area contributed by atoms with Crippen molar-refractivity contribution in [2.45, 2.75) is 64.3 Å². The van der Waals surface area contributed by atoms with Gasteiger partial charge in [-0.2, -0.15) is 18.3 Å². The average Bonchev–Trinajstić information content (AvgIpc) is 3.25. The summed E-state index contributed by atoms with van der Waals surface area (Å²) in [5, 5.41) is 4.32. The summed E-state index contributed by atoms with van der Waals surface area (Å²) in [4.78, 5) is 18.7. The van der Waals surface area contributed by atoms with Crippen molar-refractivity contribution >= 4 is 11.7 Å². The number of nitrogens with zero attached hydrogens (tertiary/aromatic N) is 4. The predicted molar refractivity (Wildman–Crippen MR) is 131 cm³/mol. The molecule has 2 aromatic heterocycles. The molecule has 1 saturated heterocycles. The number of hydrogen-bond acceptors (Lipinski definition) is 6. The van der Waals surface area contributed by atoms with Crippen molar-refractivity contribution in [1.29, 1.82) is 0 Å². The first-order valence-electron chi connectivity index (χ1n) is 12.0. The van der Waals surface area contributed by atoms with Crippen LogP contribution in [-0.4, -0.2) is 58.0 Å². The fourth-order valence-electron chi connectivity index (χ4n) is 4.57. The van der Waals surface area contributed by atoms with Crippen molar-refractivity contribution in [2.75, 3.05) is 20.8 Å². The van der Waals surface area contributed by atoms with Gasteiger partial charge in [-0.05, 0) is 64.8 Å². The lowest BCUT2D eigenvalue weighted by Crippen LogP contribution is -2.46. The maximum Gasteiger partial charge on any atom is 0.433 e. The highest BCUT2D eigenvalue weighted by molar-refractivity contribution is 5.69. The number of rotatable bonds is 4. The molecule has 8 nitrogen and oxygen atoms in total. The van der Waals surface area contributed by atoms with Crippen LogP contribution in [0.2, 0.25) is 0 Å². The third-order valence-electron chi connectivity index (χ3n) is 6.34. The van der Waals surface area contributed by atoms with Gasteiger partial charge in [0.1, 0.15) is 5.60 Å². The summed E-state index contributed by atoms with van der Waals surface area (Å²) in [7, 11) is 2.94. The van der Waals surface area contributed by atoms with Gasteiger partial charge in [0.05, 0.1) is 25.6 Å². The van der Waals surface area contributed by atoms with Crippen LogP contribution in [-0.2, 0) is 10.9 Å². The van der Waals surface area contributed by atoms with E-state index in [4.69, 9.17) is 14.2 Å². The molecule has 3 aromatic rings. The Labute approximate surface area is 213 Å². The number of aromatic nitrogens is 3. The molecule has 3 heterocycles. The number of alkyl halides is 3. The Morgan fingerprint density at radius 3 is 2.35 bits per heavy atom. The molecule has 200 valence electrons. The molecule has 1 aliphatic heterocycles. The van der Waals surface area contributed by atoms with Crippen molar-refractivity contribution in [1.82, 2.24) is 19.5 Å². The van der Waals surface area contributed by atoms with Crippen LogP contribution < -0.4 is 9.47 Å². The van der Waals surface area contributed by atoms with Crippen LogP contribution in [0.25, 0.3) is 16.9 Å². The Hall–Kier alpha value is -3.50. The summed E-state index contributed by atoms with van der Waals surface area (Å²) in [5.41, 5.74) is -0.337. The van der Waals surface area contributed by atoms with Crippen molar-refractivity contribution < 1.29 is 32.2 Å². The third kappa shape index (κ3) is 5.60. The first-order valence-corrected chi connectivity index (χ1v) is 12.0. The van der Waals surface area contributed by atoms with E-state index in [1.54, 1.807) is 49.9 Å². The summed E-state index contributed by atoms with van der Waals surface area (Å²) in [6, 6.07) is 7.26. The van der Waals surface area contributed by atoms with Crippen LogP contribution >= 0.6 is 0 Å². The second kappa shape index (κ2) is 9.75. The molecule has 4 rings (SSSR count). The summed E-state index contributed by atoms with van der Waals surface area (Å²) >= 11 is 0. The van der Waals surface area contributed by atoms with Gasteiger partial charge in [0.15, 0.2) is 22.8 Å². The van der Waals surface area contributed by atoms with Gasteiger partial charge >= 0.3 is 12.3 Å². The van der Waals surface area contributed by atoms with Gasteiger partial charge in [-0.3, -0.25) is 0 Å². The normalized spacial score (nSPS) is 18.7. The quantitative estimate of drug-likeness (QED) is 0.424. The lowest BCUT2D eigenvalue weighted by Gasteiger charge is -2.37. The van der Waals surface area contributed by atoms with Crippen molar-refractivity contribution in [3.63, 3.8) is 0 Å². The molecule has 1 aliphatic rings. The minimum atomic E-state index is -4.65. The molecule has 2 unspecified atom stereocenters. The van der Waals surface area contributed by atoms with E-state index in [0.717, 1.165) is 10.6 Å². The minimum Gasteiger partial charge on any atom is -0.493 e. The zero-order valence-electron chi connectivity index (χ0n) is 21.7. The van der Waals surface area contributed by atoms with Gasteiger partial charge < -0.3 is 19.1 Å². The molecular formula is C26H31F3N4O4. The molecule has 0 N–H and O–H groups in total. The number of carbonyl (C=O) groups is 1. The average molecular weight is 521 g/mol. The molecule has 0 aliphatic carbocycles. The Morgan fingerprint density at radius 2 is 1.76 bits per heavy atom. The smallest absolute Gasteiger partial charge is 0.433 e. The van der Waals surface area contributed by atoms with Gasteiger partial charge in [0.2, 0.25) is 0 Å². The summed E-state index contributed by atoms with van der Waals surface area (Å²) < 4.78 is 59.1. The lowest BCUT2D eigenvalue weighted by molar-refractivity contribution is -0.142. The number of piperidine rings is 1. The van der Waals surface area contributed by atoms with Gasteiger partial charge in [0.25, 0.3) is 0 Å². The molecule has 2 atom stereocenters. The minimum absolute atomic E-state index is 0.0943. The number of benzene rings is 1. The Bertz CT molecular complexity index is 1300. The van der Waals surface area contributed by atoms with Crippen LogP contribution in [0.5, 0.6) is 11.5 Å². The fourth-order valence-corrected chi connectivity index (χ4v) is 4.57. The molecule has 0 spiro atoms. The number of likely N-dealkylation sites (tertiary alicyclic amines) is 1. The van der Waals surface area contributed by atoms with Crippen molar-refractivity contribution in [2.24, 2.45) is 0 Å². The maximum absolute atomic E-state index is 14.1. The lowest BCUT2D eigenvalue weighted by atomic mass is 9.89. The number of hydrogen-bond donors (Lipinski definition) is 0. The van der Waals surface area contributed by atoms with E-state index in [2.05, 4.69) is 10.1 Å². The van der Waals surface area contributed by atoms with Crippen molar-refractivity contribution in [3.8, 4) is 22.8 Å². The van der Waals surface area contributed by atoms with Gasteiger partial charge in [-0.15, -0.1) is 0 Å². The number of ether oxygens (including phenoxy) is 3. The number of amides is 1. The zero-order valence-corrected chi connectivity index (χ0v) is 21.7. The van der Waals surface area contributed by atoms with Gasteiger partial charge in [-0.25, -0.2) is 14.3 Å². The van der Waals surface area contributed by atoms with Crippen LogP contribution in [0.1, 0.15) is 57.8 Å². The molecule has 0 radical (unpaired) electrons. The molecule has 1 amide bonds. The second-order valence-electron chi connectivity index (χ2n) is 10.2. The van der Waals surface area contributed by atoms with Gasteiger partial charge in [-0.1, -0.05) is 0 Å². The van der Waals surface area contributed by atoms with E-state index < -0.39 is 23.6 Å².